The molecule has 6 heteroatoms. The van der Waals surface area contributed by atoms with Crippen LogP contribution in [0, 0.1) is 5.82 Å². The molecule has 1 spiro atoms. The Hall–Kier alpha value is -2.40. The summed E-state index contributed by atoms with van der Waals surface area (Å²) < 4.78 is 13.2. The van der Waals surface area contributed by atoms with Crippen LogP contribution in [-0.2, 0) is 23.3 Å². The highest BCUT2D eigenvalue weighted by molar-refractivity contribution is 6.31. The first-order valence-electron chi connectivity index (χ1n) is 7.68. The summed E-state index contributed by atoms with van der Waals surface area (Å²) in [5, 5.41) is 3.05. The molecule has 1 fully saturated rings. The molecule has 122 valence electrons. The van der Waals surface area contributed by atoms with E-state index in [2.05, 4.69) is 5.32 Å². The second-order valence-corrected chi connectivity index (χ2v) is 6.53. The van der Waals surface area contributed by atoms with Gasteiger partial charge in [0.15, 0.2) is 0 Å². The molecule has 3 amide bonds. The van der Waals surface area contributed by atoms with E-state index in [1.54, 1.807) is 0 Å². The third-order valence-electron chi connectivity index (χ3n) is 4.77. The van der Waals surface area contributed by atoms with Gasteiger partial charge in [-0.25, -0.2) is 9.18 Å². The van der Waals surface area contributed by atoms with Crippen LogP contribution in [-0.4, -0.2) is 16.8 Å². The predicted octanol–water partition coefficient (Wildman–Crippen LogP) is 3.37. The average Bonchev–Trinajstić information content (AvgIpc) is 3.04. The van der Waals surface area contributed by atoms with Crippen LogP contribution in [0.4, 0.5) is 9.18 Å². The minimum Gasteiger partial charge on any atom is -0.319 e. The fourth-order valence-electron chi connectivity index (χ4n) is 3.55. The van der Waals surface area contributed by atoms with Crippen molar-refractivity contribution in [2.45, 2.75) is 24.9 Å². The molecule has 1 N–H and O–H groups in total. The maximum Gasteiger partial charge on any atom is 0.325 e. The topological polar surface area (TPSA) is 49.4 Å². The van der Waals surface area contributed by atoms with Gasteiger partial charge in [0.1, 0.15) is 11.4 Å². The molecule has 1 atom stereocenters. The molecule has 24 heavy (non-hydrogen) atoms. The predicted molar refractivity (Wildman–Crippen MR) is 86.9 cm³/mol. The van der Waals surface area contributed by atoms with E-state index in [9.17, 15) is 14.0 Å². The lowest BCUT2D eigenvalue weighted by atomic mass is 9.92. The summed E-state index contributed by atoms with van der Waals surface area (Å²) in [5.74, 6) is -0.736. The number of halogens is 2. The summed E-state index contributed by atoms with van der Waals surface area (Å²) in [6.45, 7) is 0.0215. The number of carbonyl (C=O) groups is 2. The first-order valence-corrected chi connectivity index (χ1v) is 8.05. The summed E-state index contributed by atoms with van der Waals surface area (Å²) in [6.07, 6.45) is 1.29. The molecule has 2 aliphatic rings. The van der Waals surface area contributed by atoms with Crippen LogP contribution in [0.5, 0.6) is 0 Å². The van der Waals surface area contributed by atoms with Gasteiger partial charge in [-0.1, -0.05) is 41.9 Å². The van der Waals surface area contributed by atoms with Crippen molar-refractivity contribution in [3.8, 4) is 0 Å². The smallest absolute Gasteiger partial charge is 0.319 e. The van der Waals surface area contributed by atoms with E-state index >= 15 is 0 Å². The Bertz CT molecular complexity index is 870. The molecule has 2 aromatic carbocycles. The third-order valence-corrected chi connectivity index (χ3v) is 5.12. The largest absolute Gasteiger partial charge is 0.325 e. The molecule has 1 aliphatic carbocycles. The number of fused-ring (bicyclic) bond motifs is 2. The van der Waals surface area contributed by atoms with Crippen LogP contribution in [0.2, 0.25) is 5.02 Å². The van der Waals surface area contributed by atoms with Crippen molar-refractivity contribution < 1.29 is 14.0 Å². The fourth-order valence-corrected chi connectivity index (χ4v) is 3.78. The lowest BCUT2D eigenvalue weighted by Crippen LogP contribution is -2.41. The lowest BCUT2D eigenvalue weighted by Gasteiger charge is -2.22. The van der Waals surface area contributed by atoms with Crippen LogP contribution in [0.1, 0.15) is 23.1 Å². The first kappa shape index (κ1) is 15.1. The van der Waals surface area contributed by atoms with Gasteiger partial charge in [-0.2, -0.15) is 0 Å². The van der Waals surface area contributed by atoms with Gasteiger partial charge in [0, 0.05) is 5.02 Å². The number of nitrogens with one attached hydrogen (secondary N) is 1. The standard InChI is InChI=1S/C18H14ClFN2O2/c19-15-9-13(20)6-5-12(15)10-22-16(23)18(21-17(22)24)8-7-11-3-1-2-4-14(11)18/h1-6,9H,7-8,10H2,(H,21,24)/t18-/m0/s1. The van der Waals surface area contributed by atoms with Crippen molar-refractivity contribution in [1.29, 1.82) is 0 Å². The first-order chi connectivity index (χ1) is 11.5. The zero-order valence-electron chi connectivity index (χ0n) is 12.7. The molecule has 1 aliphatic heterocycles. The van der Waals surface area contributed by atoms with E-state index in [0.717, 1.165) is 22.4 Å². The molecule has 2 aromatic rings. The Labute approximate surface area is 143 Å². The molecule has 0 aromatic heterocycles. The van der Waals surface area contributed by atoms with Crippen LogP contribution in [0.3, 0.4) is 0 Å². The van der Waals surface area contributed by atoms with E-state index in [1.165, 1.54) is 18.2 Å². The maximum atomic E-state index is 13.2. The highest BCUT2D eigenvalue weighted by Crippen LogP contribution is 2.41. The van der Waals surface area contributed by atoms with Gasteiger partial charge in [-0.05, 0) is 41.7 Å². The van der Waals surface area contributed by atoms with Gasteiger partial charge in [-0.3, -0.25) is 9.69 Å². The number of amides is 3. The Kier molecular flexibility index (Phi) is 3.35. The van der Waals surface area contributed by atoms with Crippen molar-refractivity contribution >= 4 is 23.5 Å². The van der Waals surface area contributed by atoms with E-state index < -0.39 is 17.4 Å². The normalized spacial score (nSPS) is 22.2. The van der Waals surface area contributed by atoms with Crippen LogP contribution in [0.25, 0.3) is 0 Å². The van der Waals surface area contributed by atoms with Crippen LogP contribution >= 0.6 is 11.6 Å². The van der Waals surface area contributed by atoms with E-state index in [1.807, 2.05) is 24.3 Å². The molecule has 1 saturated heterocycles. The number of imide groups is 1. The number of aryl methyl sites for hydroxylation is 1. The Morgan fingerprint density at radius 3 is 2.79 bits per heavy atom. The van der Waals surface area contributed by atoms with Crippen molar-refractivity contribution in [3.05, 3.63) is 70.0 Å². The molecular weight excluding hydrogens is 331 g/mol. The highest BCUT2D eigenvalue weighted by atomic mass is 35.5. The summed E-state index contributed by atoms with van der Waals surface area (Å²) in [4.78, 5) is 26.6. The van der Waals surface area contributed by atoms with Gasteiger partial charge in [-0.15, -0.1) is 0 Å². The van der Waals surface area contributed by atoms with E-state index in [4.69, 9.17) is 11.6 Å². The number of hydrogen-bond acceptors (Lipinski definition) is 2. The summed E-state index contributed by atoms with van der Waals surface area (Å²) >= 11 is 6.03. The molecule has 0 bridgehead atoms. The van der Waals surface area contributed by atoms with Gasteiger partial charge in [0.05, 0.1) is 6.54 Å². The quantitative estimate of drug-likeness (QED) is 0.849. The highest BCUT2D eigenvalue weighted by Gasteiger charge is 2.55. The Balaban J connectivity index is 1.68. The molecule has 0 unspecified atom stereocenters. The van der Waals surface area contributed by atoms with E-state index in [-0.39, 0.29) is 17.5 Å². The Morgan fingerprint density at radius 1 is 1.21 bits per heavy atom. The van der Waals surface area contributed by atoms with Crippen molar-refractivity contribution in [3.63, 3.8) is 0 Å². The Morgan fingerprint density at radius 2 is 2.00 bits per heavy atom. The SMILES string of the molecule is O=C1N[C@]2(CCc3ccccc32)C(=O)N1Cc1ccc(F)cc1Cl. The molecule has 1 heterocycles. The number of urea groups is 1. The monoisotopic (exact) mass is 344 g/mol. The number of benzene rings is 2. The second-order valence-electron chi connectivity index (χ2n) is 6.12. The summed E-state index contributed by atoms with van der Waals surface area (Å²) in [5.41, 5.74) is 1.48. The van der Waals surface area contributed by atoms with Crippen LogP contribution in [0.15, 0.2) is 42.5 Å². The molecule has 4 nitrogen and oxygen atoms in total. The summed E-state index contributed by atoms with van der Waals surface area (Å²) in [7, 11) is 0. The summed E-state index contributed by atoms with van der Waals surface area (Å²) in [6, 6.07) is 11.1. The molecule has 4 rings (SSSR count). The minimum atomic E-state index is -0.986. The number of rotatable bonds is 2. The number of hydrogen-bond donors (Lipinski definition) is 1. The van der Waals surface area contributed by atoms with Crippen molar-refractivity contribution in [2.24, 2.45) is 0 Å². The van der Waals surface area contributed by atoms with Gasteiger partial charge >= 0.3 is 6.03 Å². The molecule has 0 radical (unpaired) electrons. The van der Waals surface area contributed by atoms with Crippen molar-refractivity contribution in [1.82, 2.24) is 10.2 Å². The fraction of sp³-hybridized carbons (Fsp3) is 0.222. The zero-order chi connectivity index (χ0) is 16.9. The van der Waals surface area contributed by atoms with Crippen molar-refractivity contribution in [2.75, 3.05) is 0 Å². The van der Waals surface area contributed by atoms with Gasteiger partial charge in [0.25, 0.3) is 5.91 Å². The third kappa shape index (κ3) is 2.12. The molecule has 0 saturated carbocycles. The second kappa shape index (κ2) is 5.31. The zero-order valence-corrected chi connectivity index (χ0v) is 13.4. The van der Waals surface area contributed by atoms with Crippen LogP contribution < -0.4 is 5.32 Å². The van der Waals surface area contributed by atoms with Gasteiger partial charge < -0.3 is 5.32 Å². The average molecular weight is 345 g/mol. The minimum absolute atomic E-state index is 0.0215. The number of carbonyl (C=O) groups excluding carboxylic acids is 2. The molecular formula is C18H14ClFN2O2. The lowest BCUT2D eigenvalue weighted by molar-refractivity contribution is -0.132. The van der Waals surface area contributed by atoms with E-state index in [0.29, 0.717) is 12.0 Å². The van der Waals surface area contributed by atoms with Gasteiger partial charge in [0.2, 0.25) is 0 Å². The maximum absolute atomic E-state index is 13.2. The number of nitrogens with zero attached hydrogens (tertiary/aromatic N) is 1.